The molecule has 1 aromatic heterocycles. The Morgan fingerprint density at radius 1 is 1.29 bits per heavy atom. The maximum absolute atomic E-state index is 12.7. The lowest BCUT2D eigenvalue weighted by Gasteiger charge is -2.30. The van der Waals surface area contributed by atoms with Crippen molar-refractivity contribution in [3.63, 3.8) is 0 Å². The first-order chi connectivity index (χ1) is 11.4. The van der Waals surface area contributed by atoms with Crippen LogP contribution in [0.2, 0.25) is 0 Å². The molecule has 1 aliphatic heterocycles. The van der Waals surface area contributed by atoms with Crippen LogP contribution in [0.3, 0.4) is 0 Å². The fraction of sp³-hybridized carbons (Fsp3) is 0.333. The highest BCUT2D eigenvalue weighted by Crippen LogP contribution is 2.29. The Labute approximate surface area is 139 Å². The highest BCUT2D eigenvalue weighted by Gasteiger charge is 2.26. The topological polar surface area (TPSA) is 105 Å². The summed E-state index contributed by atoms with van der Waals surface area (Å²) in [7, 11) is -3.84. The molecular formula is C15H18N4O4S. The average Bonchev–Trinajstić information content (AvgIpc) is 2.87. The molecule has 1 fully saturated rings. The lowest BCUT2D eigenvalue weighted by Crippen LogP contribution is -2.47. The van der Waals surface area contributed by atoms with Gasteiger partial charge in [-0.3, -0.25) is 9.52 Å². The van der Waals surface area contributed by atoms with Crippen LogP contribution in [-0.4, -0.2) is 39.1 Å². The summed E-state index contributed by atoms with van der Waals surface area (Å²) in [4.78, 5) is 13.5. The molecular weight excluding hydrogens is 332 g/mol. The first kappa shape index (κ1) is 16.3. The summed E-state index contributed by atoms with van der Waals surface area (Å²) >= 11 is 0. The quantitative estimate of drug-likeness (QED) is 0.853. The fourth-order valence-electron chi connectivity index (χ4n) is 2.73. The number of carbonyl (C=O) groups is 1. The number of amides is 1. The van der Waals surface area contributed by atoms with Gasteiger partial charge >= 0.3 is 0 Å². The van der Waals surface area contributed by atoms with Crippen molar-refractivity contribution in [1.29, 1.82) is 0 Å². The molecule has 1 saturated heterocycles. The zero-order valence-corrected chi connectivity index (χ0v) is 14.2. The maximum Gasteiger partial charge on any atom is 0.267 e. The Bertz CT molecular complexity index is 856. The van der Waals surface area contributed by atoms with Crippen LogP contribution in [0.15, 0.2) is 33.7 Å². The standard InChI is InChI=1S/C15H18N4O4S/c1-10-15(11(2)23-17-10)24(21,22)18-12-5-3-4-6-13(12)19-8-7-16-14(20)9-19/h3-6,18H,7-9H2,1-2H3,(H,16,20). The number of carbonyl (C=O) groups excluding carboxylic acids is 1. The molecule has 0 saturated carbocycles. The molecule has 3 rings (SSSR count). The van der Waals surface area contributed by atoms with Crippen molar-refractivity contribution >= 4 is 27.3 Å². The number of piperazine rings is 1. The van der Waals surface area contributed by atoms with Crippen molar-refractivity contribution < 1.29 is 17.7 Å². The number of para-hydroxylation sites is 2. The number of anilines is 2. The summed E-state index contributed by atoms with van der Waals surface area (Å²) in [6.45, 7) is 4.44. The van der Waals surface area contributed by atoms with Gasteiger partial charge < -0.3 is 14.7 Å². The van der Waals surface area contributed by atoms with Gasteiger partial charge in [0, 0.05) is 13.1 Å². The highest BCUT2D eigenvalue weighted by molar-refractivity contribution is 7.92. The molecule has 0 spiro atoms. The number of benzene rings is 1. The predicted octanol–water partition coefficient (Wildman–Crippen LogP) is 1.03. The number of nitrogens with one attached hydrogen (secondary N) is 2. The SMILES string of the molecule is Cc1noc(C)c1S(=O)(=O)Nc1ccccc1N1CCNC(=O)C1. The molecule has 1 aliphatic rings. The Kier molecular flexibility index (Phi) is 4.18. The molecule has 2 N–H and O–H groups in total. The van der Waals surface area contributed by atoms with Crippen LogP contribution >= 0.6 is 0 Å². The maximum atomic E-state index is 12.7. The van der Waals surface area contributed by atoms with Crippen molar-refractivity contribution in [1.82, 2.24) is 10.5 Å². The third-order valence-electron chi connectivity index (χ3n) is 3.76. The number of hydrogen-bond acceptors (Lipinski definition) is 6. The summed E-state index contributed by atoms with van der Waals surface area (Å²) in [5, 5.41) is 6.44. The molecule has 0 unspecified atom stereocenters. The van der Waals surface area contributed by atoms with E-state index in [0.29, 0.717) is 30.2 Å². The normalized spacial score (nSPS) is 15.2. The van der Waals surface area contributed by atoms with Crippen LogP contribution in [0.5, 0.6) is 0 Å². The van der Waals surface area contributed by atoms with E-state index in [-0.39, 0.29) is 23.1 Å². The van der Waals surface area contributed by atoms with Crippen LogP contribution in [0, 0.1) is 13.8 Å². The zero-order chi connectivity index (χ0) is 17.3. The second-order valence-electron chi connectivity index (χ2n) is 5.55. The van der Waals surface area contributed by atoms with Crippen molar-refractivity contribution in [3.8, 4) is 0 Å². The summed E-state index contributed by atoms with van der Waals surface area (Å²) in [6, 6.07) is 6.98. The van der Waals surface area contributed by atoms with Crippen LogP contribution in [0.4, 0.5) is 11.4 Å². The number of sulfonamides is 1. The molecule has 1 amide bonds. The van der Waals surface area contributed by atoms with Gasteiger partial charge in [-0.15, -0.1) is 0 Å². The van der Waals surface area contributed by atoms with E-state index >= 15 is 0 Å². The second kappa shape index (κ2) is 6.16. The van der Waals surface area contributed by atoms with Crippen LogP contribution in [0.1, 0.15) is 11.5 Å². The Hall–Kier alpha value is -2.55. The number of nitrogens with zero attached hydrogens (tertiary/aromatic N) is 2. The highest BCUT2D eigenvalue weighted by atomic mass is 32.2. The van der Waals surface area contributed by atoms with Gasteiger partial charge in [0.1, 0.15) is 5.69 Å². The average molecular weight is 350 g/mol. The number of aryl methyl sites for hydroxylation is 2. The minimum absolute atomic E-state index is 0.0358. The van der Waals surface area contributed by atoms with Gasteiger partial charge in [0.2, 0.25) is 5.91 Å². The summed E-state index contributed by atoms with van der Waals surface area (Å²) in [5.74, 6) is 0.138. The van der Waals surface area contributed by atoms with Crippen LogP contribution < -0.4 is 14.9 Å². The molecule has 24 heavy (non-hydrogen) atoms. The first-order valence-corrected chi connectivity index (χ1v) is 8.93. The molecule has 0 radical (unpaired) electrons. The third kappa shape index (κ3) is 3.07. The summed E-state index contributed by atoms with van der Waals surface area (Å²) < 4.78 is 32.9. The van der Waals surface area contributed by atoms with E-state index in [2.05, 4.69) is 15.2 Å². The van der Waals surface area contributed by atoms with E-state index in [1.54, 1.807) is 38.1 Å². The molecule has 1 aromatic carbocycles. The van der Waals surface area contributed by atoms with Crippen LogP contribution in [-0.2, 0) is 14.8 Å². The molecule has 2 aromatic rings. The smallest absolute Gasteiger partial charge is 0.267 e. The van der Waals surface area contributed by atoms with Gasteiger partial charge in [-0.2, -0.15) is 0 Å². The van der Waals surface area contributed by atoms with E-state index in [0.717, 1.165) is 0 Å². The molecule has 0 aliphatic carbocycles. The number of rotatable bonds is 4. The molecule has 0 bridgehead atoms. The largest absolute Gasteiger partial charge is 0.360 e. The predicted molar refractivity (Wildman–Crippen MR) is 88.5 cm³/mol. The van der Waals surface area contributed by atoms with E-state index in [1.165, 1.54) is 0 Å². The van der Waals surface area contributed by atoms with Crippen molar-refractivity contribution in [2.45, 2.75) is 18.7 Å². The molecule has 9 heteroatoms. The second-order valence-corrected chi connectivity index (χ2v) is 7.17. The van der Waals surface area contributed by atoms with Crippen LogP contribution in [0.25, 0.3) is 0 Å². The summed E-state index contributed by atoms with van der Waals surface area (Å²) in [6.07, 6.45) is 0. The monoisotopic (exact) mass is 350 g/mol. The van der Waals surface area contributed by atoms with Crippen molar-refractivity contribution in [2.24, 2.45) is 0 Å². The lowest BCUT2D eigenvalue weighted by molar-refractivity contribution is -0.120. The molecule has 2 heterocycles. The van der Waals surface area contributed by atoms with E-state index in [9.17, 15) is 13.2 Å². The Morgan fingerprint density at radius 2 is 2.04 bits per heavy atom. The lowest BCUT2D eigenvalue weighted by atomic mass is 10.2. The number of hydrogen-bond donors (Lipinski definition) is 2. The first-order valence-electron chi connectivity index (χ1n) is 7.45. The fourth-order valence-corrected chi connectivity index (χ4v) is 4.14. The molecule has 8 nitrogen and oxygen atoms in total. The van der Waals surface area contributed by atoms with Gasteiger partial charge in [0.15, 0.2) is 10.7 Å². The Balaban J connectivity index is 1.95. The Morgan fingerprint density at radius 3 is 2.71 bits per heavy atom. The van der Waals surface area contributed by atoms with Gasteiger partial charge in [-0.05, 0) is 26.0 Å². The summed E-state index contributed by atoms with van der Waals surface area (Å²) in [5.41, 5.74) is 1.37. The van der Waals surface area contributed by atoms with Gasteiger partial charge in [0.05, 0.1) is 17.9 Å². The van der Waals surface area contributed by atoms with E-state index in [1.807, 2.05) is 4.90 Å². The van der Waals surface area contributed by atoms with Crippen molar-refractivity contribution in [3.05, 3.63) is 35.7 Å². The van der Waals surface area contributed by atoms with Gasteiger partial charge in [-0.1, -0.05) is 17.3 Å². The molecule has 0 atom stereocenters. The third-order valence-corrected chi connectivity index (χ3v) is 5.37. The zero-order valence-electron chi connectivity index (χ0n) is 13.4. The van der Waals surface area contributed by atoms with E-state index in [4.69, 9.17) is 4.52 Å². The van der Waals surface area contributed by atoms with Crippen molar-refractivity contribution in [2.75, 3.05) is 29.3 Å². The van der Waals surface area contributed by atoms with Gasteiger partial charge in [0.25, 0.3) is 10.0 Å². The number of aromatic nitrogens is 1. The van der Waals surface area contributed by atoms with E-state index < -0.39 is 10.0 Å². The minimum atomic E-state index is -3.84. The molecule has 128 valence electrons. The van der Waals surface area contributed by atoms with Gasteiger partial charge in [-0.25, -0.2) is 8.42 Å². The minimum Gasteiger partial charge on any atom is -0.360 e.